The SMILES string of the molecule is CC(=O)CCCC(=O)[C@H](O)C(C)(C)COC(=O)CCCC[C@@H]1CCSS1. The highest BCUT2D eigenvalue weighted by atomic mass is 33.1. The first-order valence-electron chi connectivity index (χ1n) is 9.36. The lowest BCUT2D eigenvalue weighted by Crippen LogP contribution is -2.40. The van der Waals surface area contributed by atoms with Gasteiger partial charge in [0.25, 0.3) is 0 Å². The summed E-state index contributed by atoms with van der Waals surface area (Å²) in [7, 11) is 3.88. The Morgan fingerprint density at radius 3 is 2.50 bits per heavy atom. The third kappa shape index (κ3) is 9.42. The van der Waals surface area contributed by atoms with Gasteiger partial charge in [-0.05, 0) is 32.6 Å². The maximum Gasteiger partial charge on any atom is 0.305 e. The van der Waals surface area contributed by atoms with Crippen LogP contribution in [0, 0.1) is 5.41 Å². The molecule has 0 spiro atoms. The number of Topliss-reactive ketones (excluding diaryl/α,β-unsaturated/α-hetero) is 2. The van der Waals surface area contributed by atoms with E-state index in [4.69, 9.17) is 4.74 Å². The van der Waals surface area contributed by atoms with Gasteiger partial charge in [-0.15, -0.1) is 0 Å². The summed E-state index contributed by atoms with van der Waals surface area (Å²) in [6.45, 7) is 4.92. The Kier molecular flexibility index (Phi) is 10.9. The van der Waals surface area contributed by atoms with Crippen molar-refractivity contribution >= 4 is 39.1 Å². The molecule has 150 valence electrons. The topological polar surface area (TPSA) is 80.7 Å². The van der Waals surface area contributed by atoms with Crippen molar-refractivity contribution in [2.24, 2.45) is 5.41 Å². The number of ether oxygens (including phenoxy) is 1. The van der Waals surface area contributed by atoms with E-state index in [0.29, 0.717) is 19.3 Å². The normalized spacial score (nSPS) is 18.5. The van der Waals surface area contributed by atoms with Crippen molar-refractivity contribution in [1.29, 1.82) is 0 Å². The molecule has 0 saturated carbocycles. The summed E-state index contributed by atoms with van der Waals surface area (Å²) in [5, 5.41) is 11.0. The molecule has 0 aromatic heterocycles. The van der Waals surface area contributed by atoms with Gasteiger partial charge in [-0.25, -0.2) is 0 Å². The average molecular weight is 405 g/mol. The van der Waals surface area contributed by atoms with Gasteiger partial charge in [-0.2, -0.15) is 0 Å². The molecule has 0 radical (unpaired) electrons. The van der Waals surface area contributed by atoms with Crippen LogP contribution in [0.3, 0.4) is 0 Å². The second-order valence-corrected chi connectivity index (χ2v) is 10.4. The van der Waals surface area contributed by atoms with Gasteiger partial charge in [0.15, 0.2) is 5.78 Å². The van der Waals surface area contributed by atoms with Crippen LogP contribution < -0.4 is 0 Å². The van der Waals surface area contributed by atoms with Gasteiger partial charge in [0.2, 0.25) is 0 Å². The summed E-state index contributed by atoms with van der Waals surface area (Å²) in [4.78, 5) is 34.9. The molecular weight excluding hydrogens is 372 g/mol. The van der Waals surface area contributed by atoms with Crippen molar-refractivity contribution in [1.82, 2.24) is 0 Å². The van der Waals surface area contributed by atoms with Gasteiger partial charge < -0.3 is 14.6 Å². The number of esters is 1. The van der Waals surface area contributed by atoms with Crippen LogP contribution in [-0.2, 0) is 19.1 Å². The molecule has 1 N–H and O–H groups in total. The lowest BCUT2D eigenvalue weighted by molar-refractivity contribution is -0.152. The van der Waals surface area contributed by atoms with Gasteiger partial charge in [0, 0.05) is 35.7 Å². The van der Waals surface area contributed by atoms with Crippen LogP contribution in [0.15, 0.2) is 0 Å². The van der Waals surface area contributed by atoms with Gasteiger partial charge in [-0.1, -0.05) is 41.9 Å². The Balaban J connectivity index is 2.21. The summed E-state index contributed by atoms with van der Waals surface area (Å²) in [6, 6.07) is 0. The van der Waals surface area contributed by atoms with Crippen molar-refractivity contribution in [2.45, 2.75) is 83.5 Å². The smallest absolute Gasteiger partial charge is 0.305 e. The summed E-state index contributed by atoms with van der Waals surface area (Å²) >= 11 is 0. The van der Waals surface area contributed by atoms with Crippen LogP contribution in [0.1, 0.15) is 72.1 Å². The fourth-order valence-corrected chi connectivity index (χ4v) is 5.74. The largest absolute Gasteiger partial charge is 0.465 e. The van der Waals surface area contributed by atoms with Gasteiger partial charge in [0.05, 0.1) is 6.61 Å². The van der Waals surface area contributed by atoms with Crippen LogP contribution >= 0.6 is 21.6 Å². The molecule has 0 aromatic rings. The highest BCUT2D eigenvalue weighted by Gasteiger charge is 2.34. The van der Waals surface area contributed by atoms with Gasteiger partial charge >= 0.3 is 5.97 Å². The van der Waals surface area contributed by atoms with E-state index in [0.717, 1.165) is 24.5 Å². The standard InChI is InChI=1S/C19H32O5S2/c1-14(20)7-6-9-16(21)18(23)19(2,3)13-24-17(22)10-5-4-8-15-11-12-25-26-15/h15,18,23H,4-13H2,1-3H3/t15-,18+/m1/s1. The zero-order valence-electron chi connectivity index (χ0n) is 16.1. The molecule has 1 saturated heterocycles. The second kappa shape index (κ2) is 12.0. The minimum absolute atomic E-state index is 0.0144. The van der Waals surface area contributed by atoms with E-state index in [1.807, 2.05) is 21.6 Å². The number of hydrogen-bond donors (Lipinski definition) is 1. The molecule has 0 aliphatic carbocycles. The molecule has 1 aliphatic heterocycles. The van der Waals surface area contributed by atoms with E-state index in [9.17, 15) is 19.5 Å². The van der Waals surface area contributed by atoms with Crippen molar-refractivity contribution in [3.63, 3.8) is 0 Å². The lowest BCUT2D eigenvalue weighted by atomic mass is 9.84. The van der Waals surface area contributed by atoms with Crippen LogP contribution in [0.25, 0.3) is 0 Å². The molecule has 1 heterocycles. The Hall–Kier alpha value is -0.530. The number of rotatable bonds is 13. The third-order valence-electron chi connectivity index (χ3n) is 4.49. The minimum Gasteiger partial charge on any atom is -0.465 e. The zero-order chi connectivity index (χ0) is 19.6. The van der Waals surface area contributed by atoms with Crippen molar-refractivity contribution in [2.75, 3.05) is 12.4 Å². The highest BCUT2D eigenvalue weighted by molar-refractivity contribution is 8.77. The Bertz CT molecular complexity index is 473. The van der Waals surface area contributed by atoms with Gasteiger partial charge in [-0.3, -0.25) is 9.59 Å². The first-order valence-corrected chi connectivity index (χ1v) is 11.7. The fourth-order valence-electron chi connectivity index (χ4n) is 2.71. The zero-order valence-corrected chi connectivity index (χ0v) is 17.8. The van der Waals surface area contributed by atoms with Crippen molar-refractivity contribution in [3.8, 4) is 0 Å². The molecule has 1 rings (SSSR count). The van der Waals surface area contributed by atoms with E-state index in [2.05, 4.69) is 0 Å². The van der Waals surface area contributed by atoms with Crippen LogP contribution in [0.5, 0.6) is 0 Å². The highest BCUT2D eigenvalue weighted by Crippen LogP contribution is 2.39. The molecule has 2 atom stereocenters. The molecule has 5 nitrogen and oxygen atoms in total. The summed E-state index contributed by atoms with van der Waals surface area (Å²) in [5.41, 5.74) is -0.833. The van der Waals surface area contributed by atoms with E-state index in [1.165, 1.54) is 19.1 Å². The monoisotopic (exact) mass is 404 g/mol. The first kappa shape index (κ1) is 23.5. The fraction of sp³-hybridized carbons (Fsp3) is 0.842. The van der Waals surface area contributed by atoms with Crippen molar-refractivity contribution < 1.29 is 24.2 Å². The van der Waals surface area contributed by atoms with E-state index in [1.54, 1.807) is 13.8 Å². The quantitative estimate of drug-likeness (QED) is 0.283. The molecule has 0 amide bonds. The molecule has 0 aromatic carbocycles. The van der Waals surface area contributed by atoms with Crippen LogP contribution in [0.2, 0.25) is 0 Å². The van der Waals surface area contributed by atoms with E-state index >= 15 is 0 Å². The number of ketones is 2. The molecule has 7 heteroatoms. The predicted octanol–water partition coefficient (Wildman–Crippen LogP) is 3.96. The van der Waals surface area contributed by atoms with Crippen LogP contribution in [0.4, 0.5) is 0 Å². The second-order valence-electron chi connectivity index (χ2n) is 7.65. The maximum absolute atomic E-state index is 12.0. The predicted molar refractivity (Wildman–Crippen MR) is 107 cm³/mol. The number of carbonyl (C=O) groups is 3. The molecule has 26 heavy (non-hydrogen) atoms. The van der Waals surface area contributed by atoms with Crippen molar-refractivity contribution in [3.05, 3.63) is 0 Å². The minimum atomic E-state index is -1.20. The Labute approximate surface area is 164 Å². The van der Waals surface area contributed by atoms with E-state index in [-0.39, 0.29) is 30.6 Å². The van der Waals surface area contributed by atoms with Crippen LogP contribution in [-0.4, -0.2) is 46.4 Å². The number of hydrogen-bond acceptors (Lipinski definition) is 7. The van der Waals surface area contributed by atoms with Gasteiger partial charge in [0.1, 0.15) is 11.9 Å². The number of aliphatic hydroxyl groups excluding tert-OH is 1. The summed E-state index contributed by atoms with van der Waals surface area (Å²) < 4.78 is 5.28. The van der Waals surface area contributed by atoms with E-state index < -0.39 is 11.5 Å². The Morgan fingerprint density at radius 1 is 1.15 bits per heavy atom. The molecular formula is C19H32O5S2. The third-order valence-corrected chi connectivity index (χ3v) is 7.49. The summed E-state index contributed by atoms with van der Waals surface area (Å²) in [6.07, 6.45) is 4.36. The number of carbonyl (C=O) groups excluding carboxylic acids is 3. The molecule has 0 bridgehead atoms. The summed E-state index contributed by atoms with van der Waals surface area (Å²) in [5.74, 6) is 0.676. The number of unbranched alkanes of at least 4 members (excludes halogenated alkanes) is 1. The first-order chi connectivity index (χ1) is 12.2. The molecule has 1 aliphatic rings. The lowest BCUT2D eigenvalue weighted by Gasteiger charge is -2.29. The molecule has 0 unspecified atom stereocenters. The molecule has 1 fully saturated rings. The maximum atomic E-state index is 12.0. The number of aliphatic hydroxyl groups is 1. The Morgan fingerprint density at radius 2 is 1.88 bits per heavy atom. The average Bonchev–Trinajstić information content (AvgIpc) is 3.09.